The maximum absolute atomic E-state index is 12.9. The first-order valence-electron chi connectivity index (χ1n) is 8.83. The Labute approximate surface area is 180 Å². The molecular weight excluding hydrogens is 437 g/mol. The van der Waals surface area contributed by atoms with E-state index >= 15 is 0 Å². The predicted molar refractivity (Wildman–Crippen MR) is 117 cm³/mol. The molecule has 1 amide bonds. The first kappa shape index (κ1) is 19.8. The Morgan fingerprint density at radius 3 is 2.93 bits per heavy atom. The monoisotopic (exact) mass is 453 g/mol. The number of carbonyl (C=O) groups is 1. The van der Waals surface area contributed by atoms with Gasteiger partial charge in [0.15, 0.2) is 5.16 Å². The summed E-state index contributed by atoms with van der Waals surface area (Å²) in [6.07, 6.45) is 4.24. The van der Waals surface area contributed by atoms with Crippen LogP contribution in [0.4, 0.5) is 5.69 Å². The van der Waals surface area contributed by atoms with E-state index in [1.807, 2.05) is 0 Å². The summed E-state index contributed by atoms with van der Waals surface area (Å²) in [4.78, 5) is 31.9. The molecule has 1 aliphatic rings. The number of carbonyl (C=O) groups excluding carboxylic acids is 1. The number of thioether (sulfide) groups is 1. The Kier molecular flexibility index (Phi) is 5.69. The Balaban J connectivity index is 1.55. The van der Waals surface area contributed by atoms with E-state index in [0.29, 0.717) is 20.9 Å². The Morgan fingerprint density at radius 2 is 2.11 bits per heavy atom. The number of rotatable bonds is 4. The van der Waals surface area contributed by atoms with Gasteiger partial charge in [-0.05, 0) is 49.4 Å². The average Bonchev–Trinajstić information content (AvgIpc) is 3.05. The van der Waals surface area contributed by atoms with E-state index in [-0.39, 0.29) is 17.2 Å². The summed E-state index contributed by atoms with van der Waals surface area (Å²) >= 11 is 14.9. The Hall–Kier alpha value is -1.54. The summed E-state index contributed by atoms with van der Waals surface area (Å²) < 4.78 is 1.54. The largest absolute Gasteiger partial charge is 0.324 e. The third-order valence-corrected chi connectivity index (χ3v) is 7.47. The zero-order valence-electron chi connectivity index (χ0n) is 15.1. The number of halogens is 2. The molecule has 1 aromatic carbocycles. The summed E-state index contributed by atoms with van der Waals surface area (Å²) in [6, 6.07) is 4.89. The van der Waals surface area contributed by atoms with Gasteiger partial charge in [-0.1, -0.05) is 35.0 Å². The molecule has 0 radical (unpaired) electrons. The van der Waals surface area contributed by atoms with E-state index in [9.17, 15) is 9.59 Å². The van der Waals surface area contributed by atoms with E-state index < -0.39 is 0 Å². The minimum Gasteiger partial charge on any atom is -0.324 e. The van der Waals surface area contributed by atoms with Gasteiger partial charge in [0.1, 0.15) is 4.83 Å². The van der Waals surface area contributed by atoms with Crippen molar-refractivity contribution < 1.29 is 4.79 Å². The lowest BCUT2D eigenvalue weighted by molar-refractivity contribution is -0.113. The minimum absolute atomic E-state index is 0.0369. The molecule has 0 bridgehead atoms. The van der Waals surface area contributed by atoms with E-state index in [0.717, 1.165) is 35.9 Å². The lowest BCUT2D eigenvalue weighted by Gasteiger charge is -2.11. The van der Waals surface area contributed by atoms with Crippen molar-refractivity contribution in [2.24, 2.45) is 7.05 Å². The van der Waals surface area contributed by atoms with E-state index in [1.54, 1.807) is 36.6 Å². The van der Waals surface area contributed by atoms with Crippen molar-refractivity contribution in [2.45, 2.75) is 30.8 Å². The molecule has 0 saturated carbocycles. The SMILES string of the molecule is Cn1c(SCC(=O)Nc2cc(Cl)ccc2Cl)nc2sc3c(c2c1=O)CCCC3. The number of thiophene rings is 1. The molecule has 2 aromatic heterocycles. The lowest BCUT2D eigenvalue weighted by Crippen LogP contribution is -2.22. The van der Waals surface area contributed by atoms with Crippen LogP contribution in [0.1, 0.15) is 23.3 Å². The number of aromatic nitrogens is 2. The van der Waals surface area contributed by atoms with Crippen LogP contribution in [0.3, 0.4) is 0 Å². The first-order chi connectivity index (χ1) is 13.4. The van der Waals surface area contributed by atoms with Gasteiger partial charge in [0, 0.05) is 16.9 Å². The van der Waals surface area contributed by atoms with Gasteiger partial charge in [-0.25, -0.2) is 4.98 Å². The molecule has 2 heterocycles. The summed E-state index contributed by atoms with van der Waals surface area (Å²) in [5, 5.41) is 4.93. The van der Waals surface area contributed by atoms with Gasteiger partial charge in [-0.2, -0.15) is 0 Å². The van der Waals surface area contributed by atoms with Crippen LogP contribution in [0.5, 0.6) is 0 Å². The van der Waals surface area contributed by atoms with Crippen molar-refractivity contribution >= 4 is 68.1 Å². The molecule has 1 aliphatic carbocycles. The third kappa shape index (κ3) is 3.81. The fourth-order valence-electron chi connectivity index (χ4n) is 3.31. The summed E-state index contributed by atoms with van der Waals surface area (Å²) in [7, 11) is 1.70. The molecule has 4 rings (SSSR count). The smallest absolute Gasteiger partial charge is 0.262 e. The highest BCUT2D eigenvalue weighted by atomic mass is 35.5. The van der Waals surface area contributed by atoms with Gasteiger partial charge in [-0.3, -0.25) is 14.2 Å². The Bertz CT molecular complexity index is 1140. The number of nitrogens with zero attached hydrogens (tertiary/aromatic N) is 2. The molecule has 0 aliphatic heterocycles. The maximum atomic E-state index is 12.9. The second kappa shape index (κ2) is 8.06. The highest BCUT2D eigenvalue weighted by Crippen LogP contribution is 2.34. The highest BCUT2D eigenvalue weighted by molar-refractivity contribution is 7.99. The molecule has 5 nitrogen and oxygen atoms in total. The van der Waals surface area contributed by atoms with Crippen LogP contribution in [-0.4, -0.2) is 21.2 Å². The third-order valence-electron chi connectivity index (χ3n) is 4.69. The molecule has 1 N–H and O–H groups in total. The number of benzene rings is 1. The number of hydrogen-bond acceptors (Lipinski definition) is 5. The summed E-state index contributed by atoms with van der Waals surface area (Å²) in [6.45, 7) is 0. The maximum Gasteiger partial charge on any atom is 0.262 e. The zero-order chi connectivity index (χ0) is 19.8. The van der Waals surface area contributed by atoms with Gasteiger partial charge in [-0.15, -0.1) is 11.3 Å². The fourth-order valence-corrected chi connectivity index (χ4v) is 5.72. The number of anilines is 1. The van der Waals surface area contributed by atoms with Crippen molar-refractivity contribution in [1.82, 2.24) is 9.55 Å². The number of nitrogens with one attached hydrogen (secondary N) is 1. The summed E-state index contributed by atoms with van der Waals surface area (Å²) in [5.74, 6) is -0.131. The second-order valence-corrected chi connectivity index (χ2v) is 9.48. The molecule has 0 saturated heterocycles. The van der Waals surface area contributed by atoms with Gasteiger partial charge < -0.3 is 5.32 Å². The molecule has 0 atom stereocenters. The molecule has 28 heavy (non-hydrogen) atoms. The van der Waals surface area contributed by atoms with Crippen LogP contribution in [0.15, 0.2) is 28.2 Å². The van der Waals surface area contributed by atoms with Crippen LogP contribution < -0.4 is 10.9 Å². The van der Waals surface area contributed by atoms with Gasteiger partial charge in [0.25, 0.3) is 5.56 Å². The second-order valence-electron chi connectivity index (χ2n) is 6.61. The number of fused-ring (bicyclic) bond motifs is 3. The fraction of sp³-hybridized carbons (Fsp3) is 0.316. The quantitative estimate of drug-likeness (QED) is 0.450. The highest BCUT2D eigenvalue weighted by Gasteiger charge is 2.21. The Morgan fingerprint density at radius 1 is 1.32 bits per heavy atom. The number of aryl methyl sites for hydroxylation is 2. The van der Waals surface area contributed by atoms with E-state index in [2.05, 4.69) is 10.3 Å². The normalized spacial score (nSPS) is 13.5. The van der Waals surface area contributed by atoms with E-state index in [1.165, 1.54) is 26.8 Å². The number of hydrogen-bond donors (Lipinski definition) is 1. The molecule has 0 unspecified atom stereocenters. The van der Waals surface area contributed by atoms with Crippen LogP contribution in [0.25, 0.3) is 10.2 Å². The van der Waals surface area contributed by atoms with Crippen LogP contribution in [0, 0.1) is 0 Å². The van der Waals surface area contributed by atoms with Crippen molar-refractivity contribution in [3.63, 3.8) is 0 Å². The van der Waals surface area contributed by atoms with Crippen molar-refractivity contribution in [3.05, 3.63) is 49.0 Å². The predicted octanol–water partition coefficient (Wildman–Crippen LogP) is 4.91. The average molecular weight is 454 g/mol. The van der Waals surface area contributed by atoms with Gasteiger partial charge >= 0.3 is 0 Å². The molecule has 0 spiro atoms. The minimum atomic E-state index is -0.242. The number of amides is 1. The molecule has 3 aromatic rings. The zero-order valence-corrected chi connectivity index (χ0v) is 18.2. The molecular formula is C19H17Cl2N3O2S2. The topological polar surface area (TPSA) is 64.0 Å². The first-order valence-corrected chi connectivity index (χ1v) is 11.4. The summed E-state index contributed by atoms with van der Waals surface area (Å²) in [5.41, 5.74) is 1.59. The van der Waals surface area contributed by atoms with Crippen molar-refractivity contribution in [3.8, 4) is 0 Å². The van der Waals surface area contributed by atoms with Gasteiger partial charge in [0.05, 0.1) is 21.8 Å². The van der Waals surface area contributed by atoms with Gasteiger partial charge in [0.2, 0.25) is 5.91 Å². The standard InChI is InChI=1S/C19H17Cl2N3O2S2/c1-24-18(26)16-11-4-2-3-5-14(11)28-17(16)23-19(24)27-9-15(25)22-13-8-10(20)6-7-12(13)21/h6-8H,2-5,9H2,1H3,(H,22,25). The molecule has 9 heteroatoms. The van der Waals surface area contributed by atoms with Crippen molar-refractivity contribution in [1.29, 1.82) is 0 Å². The van der Waals surface area contributed by atoms with Crippen LogP contribution in [0.2, 0.25) is 10.0 Å². The van der Waals surface area contributed by atoms with Crippen LogP contribution >= 0.6 is 46.3 Å². The molecule has 146 valence electrons. The molecule has 0 fully saturated rings. The van der Waals surface area contributed by atoms with Crippen LogP contribution in [-0.2, 0) is 24.7 Å². The van der Waals surface area contributed by atoms with E-state index in [4.69, 9.17) is 23.2 Å². The lowest BCUT2D eigenvalue weighted by atomic mass is 9.97. The van der Waals surface area contributed by atoms with Crippen molar-refractivity contribution in [2.75, 3.05) is 11.1 Å².